The first-order valence-electron chi connectivity index (χ1n) is 6.33. The van der Waals surface area contributed by atoms with Gasteiger partial charge in [0, 0.05) is 17.8 Å². The van der Waals surface area contributed by atoms with E-state index in [9.17, 15) is 9.59 Å². The van der Waals surface area contributed by atoms with Crippen LogP contribution in [-0.2, 0) is 4.79 Å². The number of benzene rings is 1. The minimum Gasteiger partial charge on any atom is -0.385 e. The van der Waals surface area contributed by atoms with E-state index in [1.807, 2.05) is 12.1 Å². The number of amides is 2. The molecule has 5 heteroatoms. The number of hydrogen-bond donors (Lipinski definition) is 3. The van der Waals surface area contributed by atoms with E-state index in [1.165, 1.54) is 0 Å². The molecule has 0 atom stereocenters. The Kier molecular flexibility index (Phi) is 4.92. The molecule has 1 aromatic rings. The van der Waals surface area contributed by atoms with Gasteiger partial charge in [-0.05, 0) is 44.5 Å². The van der Waals surface area contributed by atoms with E-state index in [-0.39, 0.29) is 5.91 Å². The number of primary amides is 1. The fourth-order valence-electron chi connectivity index (χ4n) is 1.43. The third-order valence-corrected chi connectivity index (χ3v) is 2.77. The Morgan fingerprint density at radius 3 is 2.26 bits per heavy atom. The highest BCUT2D eigenvalue weighted by molar-refractivity contribution is 5.98. The van der Waals surface area contributed by atoms with E-state index >= 15 is 0 Å². The Bertz CT molecular complexity index is 452. The SMILES string of the molecule is CCCNc1ccc(C(=O)NC(C)(C)C(N)=O)cc1. The second-order valence-corrected chi connectivity index (χ2v) is 4.95. The average Bonchev–Trinajstić information content (AvgIpc) is 2.36. The molecular formula is C14H21N3O2. The van der Waals surface area contributed by atoms with Crippen molar-refractivity contribution in [1.29, 1.82) is 0 Å². The van der Waals surface area contributed by atoms with Crippen molar-refractivity contribution in [1.82, 2.24) is 5.32 Å². The van der Waals surface area contributed by atoms with E-state index in [0.717, 1.165) is 18.7 Å². The average molecular weight is 263 g/mol. The summed E-state index contributed by atoms with van der Waals surface area (Å²) in [5.74, 6) is -0.882. The zero-order chi connectivity index (χ0) is 14.5. The smallest absolute Gasteiger partial charge is 0.252 e. The summed E-state index contributed by atoms with van der Waals surface area (Å²) in [6, 6.07) is 7.10. The molecule has 0 bridgehead atoms. The standard InChI is InChI=1S/C14H21N3O2/c1-4-9-16-11-7-5-10(6-8-11)12(18)17-14(2,3)13(15)19/h5-8,16H,4,9H2,1-3H3,(H2,15,19)(H,17,18). The molecule has 0 heterocycles. The predicted molar refractivity (Wildman–Crippen MR) is 76.0 cm³/mol. The number of nitrogens with one attached hydrogen (secondary N) is 2. The molecule has 0 aromatic heterocycles. The van der Waals surface area contributed by atoms with Gasteiger partial charge in [-0.25, -0.2) is 0 Å². The summed E-state index contributed by atoms with van der Waals surface area (Å²) in [6.45, 7) is 6.12. The van der Waals surface area contributed by atoms with Gasteiger partial charge in [0.15, 0.2) is 0 Å². The number of carbonyl (C=O) groups is 2. The van der Waals surface area contributed by atoms with Gasteiger partial charge in [0.25, 0.3) is 5.91 Å². The van der Waals surface area contributed by atoms with Crippen molar-refractivity contribution < 1.29 is 9.59 Å². The van der Waals surface area contributed by atoms with Crippen LogP contribution in [0.25, 0.3) is 0 Å². The lowest BCUT2D eigenvalue weighted by atomic mass is 10.0. The number of nitrogens with two attached hydrogens (primary N) is 1. The zero-order valence-corrected chi connectivity index (χ0v) is 11.6. The molecule has 0 radical (unpaired) electrons. The fourth-order valence-corrected chi connectivity index (χ4v) is 1.43. The quantitative estimate of drug-likeness (QED) is 0.727. The van der Waals surface area contributed by atoms with Crippen molar-refractivity contribution >= 4 is 17.5 Å². The highest BCUT2D eigenvalue weighted by Gasteiger charge is 2.27. The maximum Gasteiger partial charge on any atom is 0.252 e. The maximum atomic E-state index is 12.0. The van der Waals surface area contributed by atoms with Gasteiger partial charge in [-0.15, -0.1) is 0 Å². The Morgan fingerprint density at radius 1 is 1.21 bits per heavy atom. The highest BCUT2D eigenvalue weighted by atomic mass is 16.2. The minimum atomic E-state index is -1.06. The Labute approximate surface area is 113 Å². The largest absolute Gasteiger partial charge is 0.385 e. The summed E-state index contributed by atoms with van der Waals surface area (Å²) < 4.78 is 0. The molecule has 5 nitrogen and oxygen atoms in total. The lowest BCUT2D eigenvalue weighted by molar-refractivity contribution is -0.122. The van der Waals surface area contributed by atoms with Crippen LogP contribution in [-0.4, -0.2) is 23.9 Å². The van der Waals surface area contributed by atoms with E-state index < -0.39 is 11.4 Å². The van der Waals surface area contributed by atoms with E-state index in [4.69, 9.17) is 5.73 Å². The summed E-state index contributed by atoms with van der Waals surface area (Å²) in [5.41, 5.74) is 5.61. The zero-order valence-electron chi connectivity index (χ0n) is 11.6. The fraction of sp³-hybridized carbons (Fsp3) is 0.429. The second-order valence-electron chi connectivity index (χ2n) is 4.95. The monoisotopic (exact) mass is 263 g/mol. The lowest BCUT2D eigenvalue weighted by Crippen LogP contribution is -2.52. The Balaban J connectivity index is 2.70. The van der Waals surface area contributed by atoms with Crippen LogP contribution in [0.15, 0.2) is 24.3 Å². The molecule has 0 aliphatic carbocycles. The van der Waals surface area contributed by atoms with Gasteiger partial charge in [-0.1, -0.05) is 6.92 Å². The van der Waals surface area contributed by atoms with Crippen LogP contribution in [0.4, 0.5) is 5.69 Å². The third-order valence-electron chi connectivity index (χ3n) is 2.77. The van der Waals surface area contributed by atoms with Crippen LogP contribution in [0.3, 0.4) is 0 Å². The number of rotatable bonds is 6. The van der Waals surface area contributed by atoms with Crippen LogP contribution in [0.5, 0.6) is 0 Å². The molecule has 0 spiro atoms. The molecule has 0 saturated heterocycles. The van der Waals surface area contributed by atoms with Crippen LogP contribution < -0.4 is 16.4 Å². The van der Waals surface area contributed by atoms with E-state index in [0.29, 0.717) is 5.56 Å². The lowest BCUT2D eigenvalue weighted by Gasteiger charge is -2.22. The molecule has 0 unspecified atom stereocenters. The first kappa shape index (κ1) is 15.0. The van der Waals surface area contributed by atoms with Crippen LogP contribution in [0.1, 0.15) is 37.6 Å². The molecular weight excluding hydrogens is 242 g/mol. The summed E-state index contributed by atoms with van der Waals surface area (Å²) in [5, 5.41) is 5.82. The van der Waals surface area contributed by atoms with Gasteiger partial charge in [-0.2, -0.15) is 0 Å². The molecule has 1 aromatic carbocycles. The third kappa shape index (κ3) is 4.28. The second kappa shape index (κ2) is 6.22. The molecule has 19 heavy (non-hydrogen) atoms. The first-order valence-corrected chi connectivity index (χ1v) is 6.33. The van der Waals surface area contributed by atoms with Gasteiger partial charge in [0.2, 0.25) is 5.91 Å². The number of anilines is 1. The van der Waals surface area contributed by atoms with Crippen molar-refractivity contribution in [3.63, 3.8) is 0 Å². The summed E-state index contributed by atoms with van der Waals surface area (Å²) in [7, 11) is 0. The van der Waals surface area contributed by atoms with Crippen molar-refractivity contribution in [3.05, 3.63) is 29.8 Å². The molecule has 1 rings (SSSR count). The molecule has 104 valence electrons. The Morgan fingerprint density at radius 2 is 1.79 bits per heavy atom. The van der Waals surface area contributed by atoms with Crippen LogP contribution in [0, 0.1) is 0 Å². The molecule has 4 N–H and O–H groups in total. The number of carbonyl (C=O) groups excluding carboxylic acids is 2. The van der Waals surface area contributed by atoms with Crippen molar-refractivity contribution in [2.45, 2.75) is 32.7 Å². The van der Waals surface area contributed by atoms with Crippen LogP contribution in [0.2, 0.25) is 0 Å². The van der Waals surface area contributed by atoms with Gasteiger partial charge in [0.1, 0.15) is 5.54 Å². The molecule has 0 fully saturated rings. The van der Waals surface area contributed by atoms with Gasteiger partial charge in [-0.3, -0.25) is 9.59 Å². The molecule has 0 saturated carbocycles. The molecule has 2 amide bonds. The summed E-state index contributed by atoms with van der Waals surface area (Å²) >= 11 is 0. The van der Waals surface area contributed by atoms with Gasteiger partial charge in [0.05, 0.1) is 0 Å². The predicted octanol–water partition coefficient (Wildman–Crippen LogP) is 1.50. The van der Waals surface area contributed by atoms with E-state index in [1.54, 1.807) is 26.0 Å². The highest BCUT2D eigenvalue weighted by Crippen LogP contribution is 2.11. The minimum absolute atomic E-state index is 0.314. The van der Waals surface area contributed by atoms with Gasteiger partial charge < -0.3 is 16.4 Å². The van der Waals surface area contributed by atoms with Crippen LogP contribution >= 0.6 is 0 Å². The molecule has 0 aliphatic rings. The topological polar surface area (TPSA) is 84.2 Å². The normalized spacial score (nSPS) is 10.9. The molecule has 0 aliphatic heterocycles. The summed E-state index contributed by atoms with van der Waals surface area (Å²) in [6.07, 6.45) is 1.04. The Hall–Kier alpha value is -2.04. The van der Waals surface area contributed by atoms with Crippen molar-refractivity contribution in [3.8, 4) is 0 Å². The number of hydrogen-bond acceptors (Lipinski definition) is 3. The summed E-state index contributed by atoms with van der Waals surface area (Å²) in [4.78, 5) is 23.1. The van der Waals surface area contributed by atoms with Crippen molar-refractivity contribution in [2.24, 2.45) is 5.73 Å². The van der Waals surface area contributed by atoms with Crippen molar-refractivity contribution in [2.75, 3.05) is 11.9 Å². The first-order chi connectivity index (χ1) is 8.86. The maximum absolute atomic E-state index is 12.0. The van der Waals surface area contributed by atoms with Gasteiger partial charge >= 0.3 is 0 Å². The van der Waals surface area contributed by atoms with E-state index in [2.05, 4.69) is 17.6 Å².